The number of rotatable bonds is 6. The fraction of sp³-hybridized carbons (Fsp3) is 0.278. The van der Waals surface area contributed by atoms with Crippen molar-refractivity contribution in [3.8, 4) is 0 Å². The highest BCUT2D eigenvalue weighted by Gasteiger charge is 2.28. The SMILES string of the molecule is CCOC(=O)C(Cc1ccccc1)C(N)c1ccccc1. The summed E-state index contributed by atoms with van der Waals surface area (Å²) in [7, 11) is 0. The Morgan fingerprint density at radius 3 is 2.19 bits per heavy atom. The predicted molar refractivity (Wildman–Crippen MR) is 83.6 cm³/mol. The van der Waals surface area contributed by atoms with E-state index in [9.17, 15) is 4.79 Å². The first-order chi connectivity index (χ1) is 10.2. The lowest BCUT2D eigenvalue weighted by molar-refractivity contribution is -0.148. The van der Waals surface area contributed by atoms with Crippen molar-refractivity contribution >= 4 is 5.97 Å². The van der Waals surface area contributed by atoms with Gasteiger partial charge in [-0.15, -0.1) is 0 Å². The van der Waals surface area contributed by atoms with Crippen molar-refractivity contribution in [1.82, 2.24) is 0 Å². The maximum atomic E-state index is 12.3. The zero-order valence-electron chi connectivity index (χ0n) is 12.2. The Bertz CT molecular complexity index is 554. The zero-order valence-corrected chi connectivity index (χ0v) is 12.2. The summed E-state index contributed by atoms with van der Waals surface area (Å²) in [4.78, 5) is 12.3. The van der Waals surface area contributed by atoms with Crippen LogP contribution in [0.2, 0.25) is 0 Å². The standard InChI is InChI=1S/C18H21NO2/c1-2-21-18(20)16(13-14-9-5-3-6-10-14)17(19)15-11-7-4-8-12-15/h3-12,16-17H,2,13,19H2,1H3. The van der Waals surface area contributed by atoms with Gasteiger partial charge in [0, 0.05) is 6.04 Å². The summed E-state index contributed by atoms with van der Waals surface area (Å²) in [6.07, 6.45) is 0.579. The molecule has 3 heteroatoms. The van der Waals surface area contributed by atoms with Crippen molar-refractivity contribution in [2.75, 3.05) is 6.61 Å². The third kappa shape index (κ3) is 4.17. The highest BCUT2D eigenvalue weighted by Crippen LogP contribution is 2.24. The minimum atomic E-state index is -0.380. The second-order valence-electron chi connectivity index (χ2n) is 4.98. The molecule has 2 aromatic carbocycles. The number of ether oxygens (including phenoxy) is 1. The number of benzene rings is 2. The van der Waals surface area contributed by atoms with Gasteiger partial charge in [-0.1, -0.05) is 60.7 Å². The Labute approximate surface area is 125 Å². The van der Waals surface area contributed by atoms with Gasteiger partial charge in [0.2, 0.25) is 0 Å². The maximum absolute atomic E-state index is 12.3. The van der Waals surface area contributed by atoms with Crippen molar-refractivity contribution in [1.29, 1.82) is 0 Å². The summed E-state index contributed by atoms with van der Waals surface area (Å²) in [5.41, 5.74) is 8.35. The number of hydrogen-bond donors (Lipinski definition) is 1. The van der Waals surface area contributed by atoms with Gasteiger partial charge in [0.15, 0.2) is 0 Å². The van der Waals surface area contributed by atoms with E-state index in [0.717, 1.165) is 11.1 Å². The van der Waals surface area contributed by atoms with Gasteiger partial charge < -0.3 is 10.5 Å². The lowest BCUT2D eigenvalue weighted by Gasteiger charge is -2.22. The summed E-state index contributed by atoms with van der Waals surface area (Å²) >= 11 is 0. The Morgan fingerprint density at radius 2 is 1.62 bits per heavy atom. The molecule has 0 heterocycles. The van der Waals surface area contributed by atoms with Gasteiger partial charge in [0.1, 0.15) is 0 Å². The highest BCUT2D eigenvalue weighted by atomic mass is 16.5. The molecular formula is C18H21NO2. The van der Waals surface area contributed by atoms with Crippen molar-refractivity contribution in [2.24, 2.45) is 11.7 Å². The number of nitrogens with two attached hydrogens (primary N) is 1. The number of carbonyl (C=O) groups is 1. The topological polar surface area (TPSA) is 52.3 Å². The van der Waals surface area contributed by atoms with Crippen LogP contribution in [0.3, 0.4) is 0 Å². The first-order valence-corrected chi connectivity index (χ1v) is 7.23. The average molecular weight is 283 g/mol. The van der Waals surface area contributed by atoms with E-state index in [0.29, 0.717) is 13.0 Å². The number of carbonyl (C=O) groups excluding carboxylic acids is 1. The maximum Gasteiger partial charge on any atom is 0.311 e. The molecule has 0 saturated carbocycles. The summed E-state index contributed by atoms with van der Waals surface area (Å²) < 4.78 is 5.20. The van der Waals surface area contributed by atoms with E-state index < -0.39 is 0 Å². The van der Waals surface area contributed by atoms with Crippen LogP contribution in [0.25, 0.3) is 0 Å². The Balaban J connectivity index is 2.21. The van der Waals surface area contributed by atoms with Crippen molar-refractivity contribution in [2.45, 2.75) is 19.4 Å². The van der Waals surface area contributed by atoms with Gasteiger partial charge in [-0.05, 0) is 24.5 Å². The molecule has 2 aromatic rings. The van der Waals surface area contributed by atoms with E-state index in [1.807, 2.05) is 67.6 Å². The molecule has 21 heavy (non-hydrogen) atoms. The molecule has 2 rings (SSSR count). The molecule has 2 unspecified atom stereocenters. The molecule has 2 N–H and O–H groups in total. The predicted octanol–water partition coefficient (Wildman–Crippen LogP) is 3.11. The molecular weight excluding hydrogens is 262 g/mol. The molecule has 0 saturated heterocycles. The van der Waals surface area contributed by atoms with Gasteiger partial charge in [0.25, 0.3) is 0 Å². The van der Waals surface area contributed by atoms with E-state index in [1.54, 1.807) is 0 Å². The third-order valence-corrected chi connectivity index (χ3v) is 3.51. The number of esters is 1. The van der Waals surface area contributed by atoms with E-state index in [2.05, 4.69) is 0 Å². The Hall–Kier alpha value is -2.13. The van der Waals surface area contributed by atoms with Crippen LogP contribution < -0.4 is 5.73 Å². The second-order valence-corrected chi connectivity index (χ2v) is 4.98. The number of hydrogen-bond acceptors (Lipinski definition) is 3. The molecule has 0 radical (unpaired) electrons. The average Bonchev–Trinajstić information content (AvgIpc) is 2.54. The molecule has 2 atom stereocenters. The van der Waals surface area contributed by atoms with Crippen LogP contribution in [-0.4, -0.2) is 12.6 Å². The van der Waals surface area contributed by atoms with Gasteiger partial charge in [-0.3, -0.25) is 4.79 Å². The third-order valence-electron chi connectivity index (χ3n) is 3.51. The fourth-order valence-corrected chi connectivity index (χ4v) is 2.38. The lowest BCUT2D eigenvalue weighted by Crippen LogP contribution is -2.31. The summed E-state index contributed by atoms with van der Waals surface area (Å²) in [5, 5.41) is 0. The smallest absolute Gasteiger partial charge is 0.311 e. The van der Waals surface area contributed by atoms with Gasteiger partial charge in [0.05, 0.1) is 12.5 Å². The lowest BCUT2D eigenvalue weighted by atomic mass is 9.88. The largest absolute Gasteiger partial charge is 0.466 e. The fourth-order valence-electron chi connectivity index (χ4n) is 2.38. The monoisotopic (exact) mass is 283 g/mol. The summed E-state index contributed by atoms with van der Waals surface area (Å²) in [5.74, 6) is -0.618. The van der Waals surface area contributed by atoms with Crippen LogP contribution in [0.1, 0.15) is 24.1 Å². The molecule has 0 amide bonds. The quantitative estimate of drug-likeness (QED) is 0.829. The summed E-state index contributed by atoms with van der Waals surface area (Å²) in [6, 6.07) is 19.2. The molecule has 0 spiro atoms. The van der Waals surface area contributed by atoms with Crippen LogP contribution in [0.4, 0.5) is 0 Å². The van der Waals surface area contributed by atoms with Crippen molar-refractivity contribution in [3.63, 3.8) is 0 Å². The first kappa shape index (κ1) is 15.3. The summed E-state index contributed by atoms with van der Waals surface area (Å²) in [6.45, 7) is 2.18. The van der Waals surface area contributed by atoms with Crippen LogP contribution in [-0.2, 0) is 16.0 Å². The van der Waals surface area contributed by atoms with E-state index in [-0.39, 0.29) is 17.9 Å². The minimum Gasteiger partial charge on any atom is -0.466 e. The van der Waals surface area contributed by atoms with Crippen molar-refractivity contribution < 1.29 is 9.53 Å². The van der Waals surface area contributed by atoms with Crippen LogP contribution in [0.5, 0.6) is 0 Å². The van der Waals surface area contributed by atoms with Crippen molar-refractivity contribution in [3.05, 3.63) is 71.8 Å². The molecule has 0 aliphatic heterocycles. The molecule has 0 fully saturated rings. The Morgan fingerprint density at radius 1 is 1.05 bits per heavy atom. The molecule has 0 aromatic heterocycles. The molecule has 0 aliphatic carbocycles. The molecule has 110 valence electrons. The van der Waals surface area contributed by atoms with Crippen LogP contribution in [0.15, 0.2) is 60.7 Å². The van der Waals surface area contributed by atoms with Gasteiger partial charge in [-0.25, -0.2) is 0 Å². The molecule has 0 aliphatic rings. The van der Waals surface area contributed by atoms with Crippen LogP contribution >= 0.6 is 0 Å². The van der Waals surface area contributed by atoms with Gasteiger partial charge in [-0.2, -0.15) is 0 Å². The van der Waals surface area contributed by atoms with E-state index >= 15 is 0 Å². The van der Waals surface area contributed by atoms with Gasteiger partial charge >= 0.3 is 5.97 Å². The molecule has 3 nitrogen and oxygen atoms in total. The zero-order chi connectivity index (χ0) is 15.1. The first-order valence-electron chi connectivity index (χ1n) is 7.23. The van der Waals surface area contributed by atoms with Crippen LogP contribution in [0, 0.1) is 5.92 Å². The van der Waals surface area contributed by atoms with E-state index in [1.165, 1.54) is 0 Å². The normalized spacial score (nSPS) is 13.4. The Kier molecular flexibility index (Phi) is 5.52. The highest BCUT2D eigenvalue weighted by molar-refractivity contribution is 5.74. The second kappa shape index (κ2) is 7.60. The van der Waals surface area contributed by atoms with E-state index in [4.69, 9.17) is 10.5 Å². The minimum absolute atomic E-state index is 0.238. The molecule has 0 bridgehead atoms.